The standard InChI is InChI=1S/C7H15NO6/c1-8-4(7(13)14)6(12)5(11)3(10)2-9/h3-6,8-12H,2H2,1H3,(H,13,14). The Hall–Kier alpha value is -0.730. The highest BCUT2D eigenvalue weighted by molar-refractivity contribution is 5.74. The van der Waals surface area contributed by atoms with E-state index in [1.807, 2.05) is 0 Å². The molecule has 0 heterocycles. The Labute approximate surface area is 80.6 Å². The van der Waals surface area contributed by atoms with Gasteiger partial charge in [-0.1, -0.05) is 0 Å². The van der Waals surface area contributed by atoms with Crippen LogP contribution in [-0.2, 0) is 4.79 Å². The maximum absolute atomic E-state index is 10.5. The zero-order valence-electron chi connectivity index (χ0n) is 7.66. The van der Waals surface area contributed by atoms with Crippen molar-refractivity contribution < 1.29 is 30.3 Å². The molecule has 14 heavy (non-hydrogen) atoms. The second kappa shape index (κ2) is 5.89. The fourth-order valence-corrected chi connectivity index (χ4v) is 0.973. The molecule has 0 saturated carbocycles. The van der Waals surface area contributed by atoms with Crippen molar-refractivity contribution in [2.75, 3.05) is 13.7 Å². The van der Waals surface area contributed by atoms with Crippen molar-refractivity contribution in [2.24, 2.45) is 0 Å². The van der Waals surface area contributed by atoms with Crippen LogP contribution < -0.4 is 5.32 Å². The fraction of sp³-hybridized carbons (Fsp3) is 0.857. The molecule has 84 valence electrons. The number of nitrogens with one attached hydrogen (secondary N) is 1. The van der Waals surface area contributed by atoms with Gasteiger partial charge in [0.2, 0.25) is 0 Å². The molecule has 0 rings (SSSR count). The normalized spacial score (nSPS) is 19.8. The van der Waals surface area contributed by atoms with Crippen LogP contribution in [0.3, 0.4) is 0 Å². The van der Waals surface area contributed by atoms with Crippen molar-refractivity contribution in [2.45, 2.75) is 24.4 Å². The number of likely N-dealkylation sites (N-methyl/N-ethyl adjacent to an activating group) is 1. The first-order chi connectivity index (χ1) is 6.45. The number of aliphatic hydroxyl groups is 4. The lowest BCUT2D eigenvalue weighted by Crippen LogP contribution is -2.53. The van der Waals surface area contributed by atoms with Crippen LogP contribution in [0.15, 0.2) is 0 Å². The van der Waals surface area contributed by atoms with E-state index in [0.29, 0.717) is 0 Å². The molecule has 0 aromatic heterocycles. The van der Waals surface area contributed by atoms with Gasteiger partial charge in [-0.15, -0.1) is 0 Å². The Bertz CT molecular complexity index is 187. The zero-order valence-corrected chi connectivity index (χ0v) is 7.66. The van der Waals surface area contributed by atoms with Crippen LogP contribution in [0.2, 0.25) is 0 Å². The van der Waals surface area contributed by atoms with E-state index in [1.54, 1.807) is 0 Å². The molecule has 0 aromatic rings. The average Bonchev–Trinajstić information content (AvgIpc) is 2.15. The molecule has 4 unspecified atom stereocenters. The number of carboxylic acids is 1. The number of hydrogen-bond donors (Lipinski definition) is 6. The van der Waals surface area contributed by atoms with E-state index < -0.39 is 36.9 Å². The van der Waals surface area contributed by atoms with Crippen molar-refractivity contribution in [1.29, 1.82) is 0 Å². The summed E-state index contributed by atoms with van der Waals surface area (Å²) in [6, 6.07) is -1.40. The molecule has 7 nitrogen and oxygen atoms in total. The van der Waals surface area contributed by atoms with Gasteiger partial charge in [0.15, 0.2) is 0 Å². The first kappa shape index (κ1) is 13.3. The minimum Gasteiger partial charge on any atom is -0.480 e. The monoisotopic (exact) mass is 209 g/mol. The van der Waals surface area contributed by atoms with Crippen LogP contribution in [0.4, 0.5) is 0 Å². The second-order valence-corrected chi connectivity index (χ2v) is 2.84. The van der Waals surface area contributed by atoms with Crippen molar-refractivity contribution in [3.05, 3.63) is 0 Å². The maximum Gasteiger partial charge on any atom is 0.323 e. The van der Waals surface area contributed by atoms with Crippen LogP contribution in [0, 0.1) is 0 Å². The quantitative estimate of drug-likeness (QED) is 0.270. The van der Waals surface area contributed by atoms with Crippen molar-refractivity contribution in [1.82, 2.24) is 5.32 Å². The molecule has 0 spiro atoms. The summed E-state index contributed by atoms with van der Waals surface area (Å²) in [7, 11) is 1.29. The number of carbonyl (C=O) groups is 1. The maximum atomic E-state index is 10.5. The minimum absolute atomic E-state index is 0.756. The Morgan fingerprint density at radius 3 is 2.07 bits per heavy atom. The molecule has 0 aromatic carbocycles. The predicted molar refractivity (Wildman–Crippen MR) is 45.6 cm³/mol. The molecule has 0 aliphatic heterocycles. The summed E-state index contributed by atoms with van der Waals surface area (Å²) in [4.78, 5) is 10.5. The van der Waals surface area contributed by atoms with Gasteiger partial charge in [0.25, 0.3) is 0 Å². The largest absolute Gasteiger partial charge is 0.480 e. The Morgan fingerprint density at radius 1 is 1.29 bits per heavy atom. The highest BCUT2D eigenvalue weighted by atomic mass is 16.4. The summed E-state index contributed by atoms with van der Waals surface area (Å²) in [6.07, 6.45) is -4.98. The van der Waals surface area contributed by atoms with E-state index in [9.17, 15) is 15.0 Å². The van der Waals surface area contributed by atoms with Gasteiger partial charge in [0.1, 0.15) is 24.4 Å². The third-order valence-corrected chi connectivity index (χ3v) is 1.85. The predicted octanol–water partition coefficient (Wildman–Crippen LogP) is -3.27. The first-order valence-corrected chi connectivity index (χ1v) is 4.00. The molecule has 0 aliphatic carbocycles. The van der Waals surface area contributed by atoms with E-state index in [1.165, 1.54) is 7.05 Å². The van der Waals surface area contributed by atoms with Crippen LogP contribution in [0.1, 0.15) is 0 Å². The molecule has 6 N–H and O–H groups in total. The van der Waals surface area contributed by atoms with E-state index >= 15 is 0 Å². The third-order valence-electron chi connectivity index (χ3n) is 1.85. The van der Waals surface area contributed by atoms with E-state index in [-0.39, 0.29) is 0 Å². The molecule has 0 amide bonds. The molecule has 0 radical (unpaired) electrons. The van der Waals surface area contributed by atoms with Gasteiger partial charge in [-0.25, -0.2) is 0 Å². The summed E-state index contributed by atoms with van der Waals surface area (Å²) in [5, 5.41) is 46.7. The van der Waals surface area contributed by atoms with Gasteiger partial charge >= 0.3 is 5.97 Å². The summed E-state index contributed by atoms with van der Waals surface area (Å²) in [5.74, 6) is -1.36. The number of aliphatic carboxylic acids is 1. The van der Waals surface area contributed by atoms with Gasteiger partial charge in [-0.3, -0.25) is 4.79 Å². The highest BCUT2D eigenvalue weighted by Crippen LogP contribution is 2.04. The number of hydrogen-bond acceptors (Lipinski definition) is 6. The number of carboxylic acid groups (broad SMARTS) is 1. The van der Waals surface area contributed by atoms with Gasteiger partial charge in [-0.2, -0.15) is 0 Å². The first-order valence-electron chi connectivity index (χ1n) is 4.00. The molecule has 0 bridgehead atoms. The smallest absolute Gasteiger partial charge is 0.323 e. The van der Waals surface area contributed by atoms with E-state index in [0.717, 1.165) is 0 Å². The van der Waals surface area contributed by atoms with E-state index in [2.05, 4.69) is 5.32 Å². The van der Waals surface area contributed by atoms with Crippen LogP contribution in [0.5, 0.6) is 0 Å². The lowest BCUT2D eigenvalue weighted by atomic mass is 10.0. The van der Waals surface area contributed by atoms with Crippen LogP contribution in [-0.4, -0.2) is 69.5 Å². The molecular formula is C7H15NO6. The molecular weight excluding hydrogens is 194 g/mol. The number of rotatable bonds is 6. The Balaban J connectivity index is 4.41. The lowest BCUT2D eigenvalue weighted by molar-refractivity contribution is -0.148. The Kier molecular flexibility index (Phi) is 5.58. The summed E-state index contributed by atoms with van der Waals surface area (Å²) < 4.78 is 0. The summed E-state index contributed by atoms with van der Waals surface area (Å²) in [6.45, 7) is -0.756. The lowest BCUT2D eigenvalue weighted by Gasteiger charge is -2.25. The second-order valence-electron chi connectivity index (χ2n) is 2.84. The topological polar surface area (TPSA) is 130 Å². The highest BCUT2D eigenvalue weighted by Gasteiger charge is 2.34. The number of aliphatic hydroxyl groups excluding tert-OH is 4. The fourth-order valence-electron chi connectivity index (χ4n) is 0.973. The molecule has 0 saturated heterocycles. The minimum atomic E-state index is -1.71. The molecule has 0 fully saturated rings. The van der Waals surface area contributed by atoms with Crippen molar-refractivity contribution in [3.8, 4) is 0 Å². The van der Waals surface area contributed by atoms with Gasteiger partial charge < -0.3 is 30.8 Å². The van der Waals surface area contributed by atoms with E-state index in [4.69, 9.17) is 15.3 Å². The van der Waals surface area contributed by atoms with Crippen LogP contribution in [0.25, 0.3) is 0 Å². The van der Waals surface area contributed by atoms with Crippen molar-refractivity contribution >= 4 is 5.97 Å². The van der Waals surface area contributed by atoms with Gasteiger partial charge in [-0.05, 0) is 7.05 Å². The SMILES string of the molecule is CNC(C(=O)O)C(O)C(O)C(O)CO. The Morgan fingerprint density at radius 2 is 1.79 bits per heavy atom. The van der Waals surface area contributed by atoms with Gasteiger partial charge in [0.05, 0.1) is 6.61 Å². The van der Waals surface area contributed by atoms with Crippen molar-refractivity contribution in [3.63, 3.8) is 0 Å². The molecule has 0 aliphatic rings. The van der Waals surface area contributed by atoms with Crippen LogP contribution >= 0.6 is 0 Å². The molecule has 7 heteroatoms. The molecule has 4 atom stereocenters. The van der Waals surface area contributed by atoms with Gasteiger partial charge in [0, 0.05) is 0 Å². The summed E-state index contributed by atoms with van der Waals surface area (Å²) in [5.41, 5.74) is 0. The average molecular weight is 209 g/mol. The zero-order chi connectivity index (χ0) is 11.3. The summed E-state index contributed by atoms with van der Waals surface area (Å²) >= 11 is 0. The third kappa shape index (κ3) is 3.20.